The summed E-state index contributed by atoms with van der Waals surface area (Å²) in [5, 5.41) is 116. The number of nitrogens with zero attached hydrogens (tertiary/aromatic N) is 2. The summed E-state index contributed by atoms with van der Waals surface area (Å²) >= 11 is 1.33. The fourth-order valence-corrected chi connectivity index (χ4v) is 16.1. The fourth-order valence-electron chi connectivity index (χ4n) is 15.7. The Morgan fingerprint density at radius 1 is 0.399 bits per heavy atom. The van der Waals surface area contributed by atoms with Gasteiger partial charge in [0.25, 0.3) is 0 Å². The van der Waals surface area contributed by atoms with Crippen molar-refractivity contribution in [1.29, 1.82) is 5.41 Å². The molecule has 148 heavy (non-hydrogen) atoms. The maximum atomic E-state index is 15.3. The van der Waals surface area contributed by atoms with E-state index in [0.717, 1.165) is 6.92 Å². The number of carboxylic acid groups (broad SMARTS) is 4. The highest BCUT2D eigenvalue weighted by atomic mass is 32.2. The summed E-state index contributed by atoms with van der Waals surface area (Å²) in [4.78, 5) is 317. The van der Waals surface area contributed by atoms with Crippen molar-refractivity contribution in [3.63, 3.8) is 0 Å². The zero-order valence-electron chi connectivity index (χ0n) is 83.1. The van der Waals surface area contributed by atoms with Crippen molar-refractivity contribution in [2.75, 3.05) is 57.9 Å². The van der Waals surface area contributed by atoms with Crippen LogP contribution < -0.4 is 119 Å². The number of aliphatic carboxylic acids is 4. The minimum Gasteiger partial charge on any atom is -0.508 e. The molecule has 822 valence electrons. The number of nitrogens with two attached hydrogens (primary N) is 6. The number of hydrogen-bond acceptors (Lipinski definition) is 31. The van der Waals surface area contributed by atoms with Crippen LogP contribution in [-0.4, -0.2) is 354 Å². The van der Waals surface area contributed by atoms with Crippen LogP contribution >= 0.6 is 11.8 Å². The molecule has 55 nitrogen and oxygen atoms in total. The zero-order chi connectivity index (χ0) is 111. The van der Waals surface area contributed by atoms with Gasteiger partial charge in [-0.05, 0) is 177 Å². The second kappa shape index (κ2) is 65.1. The minimum atomic E-state index is -2.15. The number of hydrogen-bond donors (Lipinski definition) is 30. The minimum absolute atomic E-state index is 0.000793. The number of nitrogens with one attached hydrogen (secondary N) is 17. The summed E-state index contributed by atoms with van der Waals surface area (Å²) in [6.07, 6.45) is -4.03. The Kier molecular flexibility index (Phi) is 55.4. The molecule has 0 aromatic heterocycles. The Hall–Kier alpha value is -14.5. The van der Waals surface area contributed by atoms with Gasteiger partial charge in [0, 0.05) is 51.7 Å². The molecule has 2 heterocycles. The van der Waals surface area contributed by atoms with Gasteiger partial charge in [-0.25, -0.2) is 4.79 Å². The number of rotatable bonds is 69. The number of benzene rings is 2. The summed E-state index contributed by atoms with van der Waals surface area (Å²) in [7, 11) is 0. The molecule has 2 aliphatic rings. The van der Waals surface area contributed by atoms with Crippen LogP contribution in [0.3, 0.4) is 0 Å². The second-order valence-electron chi connectivity index (χ2n) is 36.1. The van der Waals surface area contributed by atoms with Crippen LogP contribution in [0.5, 0.6) is 5.75 Å². The number of phenolic OH excluding ortho intramolecular Hbond substituents is 1. The molecule has 0 bridgehead atoms. The maximum absolute atomic E-state index is 15.3. The molecule has 4 rings (SSSR count). The molecule has 36 N–H and O–H groups in total. The Morgan fingerprint density at radius 3 is 1.27 bits per heavy atom. The van der Waals surface area contributed by atoms with Gasteiger partial charge in [-0.15, -0.1) is 0 Å². The molecule has 19 amide bonds. The number of thioether (sulfide) groups is 1. The van der Waals surface area contributed by atoms with E-state index in [1.54, 1.807) is 50.4 Å². The van der Waals surface area contributed by atoms with E-state index in [1.807, 2.05) is 5.32 Å². The lowest BCUT2D eigenvalue weighted by atomic mass is 10.0. The third-order valence-electron chi connectivity index (χ3n) is 23.7. The van der Waals surface area contributed by atoms with Crippen LogP contribution in [0, 0.1) is 11.3 Å². The standard InChI is InChI=1S/C92H143N25O30S/c1-47(2)40-60(82(137)106-57(28-31-71(123)124)80(135)114-65(45-118)86(141)102-49(4)75(130)108-59(91(146)147)29-32-72(125)126)109-85(140)63(44-73(127)128)112-77(132)54(18-9-11-34-93)105-84(139)62(43-70(97)122)111-83(138)61(41-51-23-25-52(120)26-24-51)110-87(142)66(46-119)115-79(134)55(19-10-12-35-94)107-88(143)67-21-14-37-116(67)90(145)68-22-15-38-117(68)89(144)64(42-50-16-7-6-8-17-50)113-78(133)56(20-13-36-100-92(98)99)104-81(136)58(33-39-148-5)103-74(129)48(3)101-76(131)53(95)27-30-69(96)121/h6-8,16-17,23-26,47-49,53-68,118-120H,9-15,18-22,27-46,93-95H2,1-5H3,(H2,96,121)(H2,97,122)(H,101,131)(H,102,141)(H,103,129)(H,104,136)(H,105,139)(H,106,137)(H,107,143)(H,108,130)(H,109,140)(H,110,142)(H,111,138)(H,112,132)(H,113,133)(H,114,135)(H,115,134)(H,123,124)(H,125,126)(H,127,128)(H,146,147)(H4,98,99,100)/t48-,49-,53-,54-,55-,56-,57-,58-,59-,60-,61-,62-,63-,64-,65-,66-,67-,68-/m0/s1. The smallest absolute Gasteiger partial charge is 0.326 e. The van der Waals surface area contributed by atoms with Crippen LogP contribution in [0.1, 0.15) is 180 Å². The first kappa shape index (κ1) is 126. The summed E-state index contributed by atoms with van der Waals surface area (Å²) in [6.45, 7) is 3.19. The van der Waals surface area contributed by atoms with E-state index in [1.165, 1.54) is 52.8 Å². The van der Waals surface area contributed by atoms with Crippen LogP contribution in [0.2, 0.25) is 0 Å². The van der Waals surface area contributed by atoms with E-state index in [4.69, 9.17) is 44.9 Å². The first-order valence-electron chi connectivity index (χ1n) is 48.3. The van der Waals surface area contributed by atoms with Gasteiger partial charge in [0.05, 0.1) is 32.1 Å². The van der Waals surface area contributed by atoms with Gasteiger partial charge in [-0.2, -0.15) is 11.8 Å². The molecule has 0 saturated carbocycles. The van der Waals surface area contributed by atoms with E-state index in [9.17, 15) is 131 Å². The summed E-state index contributed by atoms with van der Waals surface area (Å²) in [6, 6.07) is -16.1. The SMILES string of the molecule is CSCC[C@H](NC(=O)[C@H](C)NC(=O)[C@@H](N)CCC(N)=O)C(=O)N[C@@H](CCCNC(=N)N)C(=O)N[C@@H](Cc1ccccc1)C(=O)N1CCC[C@H]1C(=O)N1CCC[C@H]1C(=O)N[C@@H](CCCCN)C(=O)N[C@@H](CO)C(=O)N[C@@H](Cc1ccc(O)cc1)C(=O)N[C@@H](CC(N)=O)C(=O)N[C@@H](CCCCN)C(=O)N[C@@H](CC(=O)O)C(=O)N[C@@H](CC(C)C)C(=O)N[C@@H](CCC(=O)O)C(=O)N[C@@H](CO)C(=O)N[C@@H](C)C(=O)N[C@@H](CCC(=O)O)C(=O)O. The molecule has 0 unspecified atom stereocenters. The average molecular weight is 2110 g/mol. The summed E-state index contributed by atoms with van der Waals surface area (Å²) in [5.74, 6) is -27.3. The first-order valence-corrected chi connectivity index (χ1v) is 49.7. The number of amides is 19. The zero-order valence-corrected chi connectivity index (χ0v) is 83.9. The third kappa shape index (κ3) is 44.8. The van der Waals surface area contributed by atoms with Crippen molar-refractivity contribution in [2.45, 2.75) is 291 Å². The number of aliphatic hydroxyl groups is 2. The molecular formula is C92H143N25O30S. The number of likely N-dealkylation sites (tertiary alicyclic amines) is 2. The molecule has 18 atom stereocenters. The van der Waals surface area contributed by atoms with Crippen molar-refractivity contribution in [1.82, 2.24) is 94.9 Å². The van der Waals surface area contributed by atoms with Gasteiger partial charge in [0.1, 0.15) is 108 Å². The second-order valence-corrected chi connectivity index (χ2v) is 37.1. The van der Waals surface area contributed by atoms with Crippen LogP contribution in [0.4, 0.5) is 0 Å². The number of aromatic hydroxyl groups is 1. The lowest BCUT2D eigenvalue weighted by Gasteiger charge is -2.34. The Labute approximate surface area is 856 Å². The Balaban J connectivity index is 1.61. The molecule has 56 heteroatoms. The Morgan fingerprint density at radius 2 is 0.791 bits per heavy atom. The number of aliphatic hydroxyl groups excluding tert-OH is 2. The van der Waals surface area contributed by atoms with E-state index in [0.29, 0.717) is 11.3 Å². The van der Waals surface area contributed by atoms with Crippen molar-refractivity contribution >= 4 is 154 Å². The quantitative estimate of drug-likeness (QED) is 0.0166. The first-order chi connectivity index (χ1) is 70.0. The number of carbonyl (C=O) groups is 23. The lowest BCUT2D eigenvalue weighted by Crippen LogP contribution is -2.62. The summed E-state index contributed by atoms with van der Waals surface area (Å²) in [5.41, 5.74) is 34.7. The number of primary amides is 2. The third-order valence-corrected chi connectivity index (χ3v) is 24.3. The lowest BCUT2D eigenvalue weighted by molar-refractivity contribution is -0.148. The number of unbranched alkanes of at least 4 members (excludes halogenated alkanes) is 2. The number of guanidine groups is 1. The molecule has 0 aliphatic carbocycles. The Bertz CT molecular complexity index is 4910. The largest absolute Gasteiger partial charge is 0.508 e. The predicted octanol–water partition coefficient (Wildman–Crippen LogP) is -9.47. The average Bonchev–Trinajstić information content (AvgIpc) is 1.64. The normalized spacial score (nSPS) is 16.4. The number of phenols is 1. The number of carboxylic acids is 4. The van der Waals surface area contributed by atoms with E-state index in [-0.39, 0.29) is 153 Å². The topological polar surface area (TPSA) is 913 Å². The van der Waals surface area contributed by atoms with Crippen molar-refractivity contribution in [3.8, 4) is 5.75 Å². The highest BCUT2D eigenvalue weighted by molar-refractivity contribution is 7.98. The molecule has 2 aliphatic heterocycles. The number of carbonyl (C=O) groups excluding carboxylic acids is 19. The van der Waals surface area contributed by atoms with Crippen molar-refractivity contribution in [2.24, 2.45) is 40.3 Å². The maximum Gasteiger partial charge on any atom is 0.326 e. The highest BCUT2D eigenvalue weighted by Gasteiger charge is 2.46. The summed E-state index contributed by atoms with van der Waals surface area (Å²) < 4.78 is 0. The molecule has 2 fully saturated rings. The molecule has 0 spiro atoms. The van der Waals surface area contributed by atoms with E-state index >= 15 is 9.59 Å². The molecular weight excluding hydrogens is 1970 g/mol. The van der Waals surface area contributed by atoms with Crippen LogP contribution in [0.25, 0.3) is 0 Å². The molecule has 2 aromatic carbocycles. The molecule has 0 radical (unpaired) electrons. The van der Waals surface area contributed by atoms with Gasteiger partial charge in [-0.1, -0.05) is 56.3 Å². The van der Waals surface area contributed by atoms with Gasteiger partial charge < -0.3 is 165 Å². The highest BCUT2D eigenvalue weighted by Crippen LogP contribution is 2.28. The molecule has 2 saturated heterocycles. The van der Waals surface area contributed by atoms with Gasteiger partial charge >= 0.3 is 23.9 Å². The van der Waals surface area contributed by atoms with Crippen molar-refractivity contribution in [3.05, 3.63) is 65.7 Å². The van der Waals surface area contributed by atoms with Crippen LogP contribution in [0.15, 0.2) is 54.6 Å². The monoisotopic (exact) mass is 2110 g/mol. The van der Waals surface area contributed by atoms with Crippen molar-refractivity contribution < 1.29 is 146 Å². The van der Waals surface area contributed by atoms with Crippen LogP contribution in [-0.2, 0) is 123 Å². The predicted molar refractivity (Wildman–Crippen MR) is 527 cm³/mol. The van der Waals surface area contributed by atoms with E-state index in [2.05, 4.69) is 79.8 Å². The van der Waals surface area contributed by atoms with Gasteiger partial charge in [-0.3, -0.25) is 111 Å². The van der Waals surface area contributed by atoms with Gasteiger partial charge in [0.2, 0.25) is 112 Å². The van der Waals surface area contributed by atoms with Gasteiger partial charge in [0.15, 0.2) is 5.96 Å². The fraction of sp³-hybridized carbons (Fsp3) is 0.609. The molecule has 2 aromatic rings. The van der Waals surface area contributed by atoms with E-state index < -0.39 is 315 Å².